The van der Waals surface area contributed by atoms with Crippen LogP contribution in [-0.4, -0.2) is 51.3 Å². The first-order valence-corrected chi connectivity index (χ1v) is 10.9. The van der Waals surface area contributed by atoms with Crippen molar-refractivity contribution < 1.29 is 5.11 Å². The summed E-state index contributed by atoms with van der Waals surface area (Å²) in [6, 6.07) is 8.26. The molecule has 0 radical (unpaired) electrons. The first kappa shape index (κ1) is 20.4. The van der Waals surface area contributed by atoms with Gasteiger partial charge in [-0.15, -0.1) is 0 Å². The van der Waals surface area contributed by atoms with Crippen LogP contribution in [0.1, 0.15) is 32.8 Å². The van der Waals surface area contributed by atoms with Gasteiger partial charge in [-0.2, -0.15) is 0 Å². The Hall–Kier alpha value is -3.48. The Kier molecular flexibility index (Phi) is 4.48. The first-order chi connectivity index (χ1) is 15.2. The third kappa shape index (κ3) is 2.73. The largest absolute Gasteiger partial charge is 0.510 e. The lowest BCUT2D eigenvalue weighted by molar-refractivity contribution is 0.174. The van der Waals surface area contributed by atoms with Gasteiger partial charge in [0.05, 0.1) is 11.4 Å². The zero-order valence-corrected chi connectivity index (χ0v) is 19.3. The van der Waals surface area contributed by atoms with Gasteiger partial charge in [0, 0.05) is 56.3 Å². The average molecular weight is 431 g/mol. The molecule has 32 heavy (non-hydrogen) atoms. The second-order valence-electron chi connectivity index (χ2n) is 9.31. The maximum Gasteiger partial charge on any atom is 0.178 e. The molecule has 1 aromatic carbocycles. The minimum Gasteiger partial charge on any atom is -0.510 e. The van der Waals surface area contributed by atoms with Crippen LogP contribution in [0.2, 0.25) is 0 Å². The average Bonchev–Trinajstić information content (AvgIpc) is 3.29. The Morgan fingerprint density at radius 3 is 2.47 bits per heavy atom. The lowest BCUT2D eigenvalue weighted by Crippen LogP contribution is -2.47. The summed E-state index contributed by atoms with van der Waals surface area (Å²) in [6.45, 7) is 10.5. The van der Waals surface area contributed by atoms with Crippen molar-refractivity contribution in [3.8, 4) is 0 Å². The fourth-order valence-corrected chi connectivity index (χ4v) is 5.10. The van der Waals surface area contributed by atoms with Gasteiger partial charge in [-0.05, 0) is 32.4 Å². The molecule has 3 aliphatic heterocycles. The Labute approximate surface area is 189 Å². The summed E-state index contributed by atoms with van der Waals surface area (Å²) >= 11 is 0. The quantitative estimate of drug-likeness (QED) is 0.652. The molecule has 1 aromatic heterocycles. The molecule has 2 aromatic rings. The molecule has 0 fully saturated rings. The normalized spacial score (nSPS) is 26.5. The number of nitrogens with zero attached hydrogens (tertiary/aromatic N) is 6. The number of aromatic nitrogens is 2. The van der Waals surface area contributed by atoms with Gasteiger partial charge >= 0.3 is 0 Å². The van der Waals surface area contributed by atoms with E-state index in [4.69, 9.17) is 4.98 Å². The Morgan fingerprint density at radius 1 is 1.03 bits per heavy atom. The highest BCUT2D eigenvalue weighted by atomic mass is 16.3. The van der Waals surface area contributed by atoms with Crippen molar-refractivity contribution in [3.63, 3.8) is 0 Å². The first-order valence-electron chi connectivity index (χ1n) is 10.9. The maximum absolute atomic E-state index is 11.4. The van der Waals surface area contributed by atoms with Gasteiger partial charge in [0.2, 0.25) is 0 Å². The molecule has 0 amide bonds. The highest BCUT2D eigenvalue weighted by molar-refractivity contribution is 5.86. The lowest BCUT2D eigenvalue weighted by Gasteiger charge is -2.38. The number of hydrogen-bond donors (Lipinski definition) is 1. The molecule has 1 N–H and O–H groups in total. The van der Waals surface area contributed by atoms with Crippen molar-refractivity contribution in [2.45, 2.75) is 39.5 Å². The van der Waals surface area contributed by atoms with Crippen LogP contribution < -0.4 is 9.80 Å². The van der Waals surface area contributed by atoms with E-state index in [1.54, 1.807) is 12.4 Å². The van der Waals surface area contributed by atoms with Crippen molar-refractivity contribution in [1.82, 2.24) is 19.8 Å². The summed E-state index contributed by atoms with van der Waals surface area (Å²) in [6.07, 6.45) is 8.41. The van der Waals surface area contributed by atoms with Crippen LogP contribution in [0.25, 0.3) is 5.57 Å². The van der Waals surface area contributed by atoms with Crippen molar-refractivity contribution in [1.29, 1.82) is 0 Å². The summed E-state index contributed by atoms with van der Waals surface area (Å²) in [5.74, 6) is 2.04. The van der Waals surface area contributed by atoms with Crippen LogP contribution in [0.5, 0.6) is 0 Å². The molecular formula is C25H30N6O. The topological polar surface area (TPSA) is 59.0 Å². The third-order valence-corrected chi connectivity index (χ3v) is 7.21. The van der Waals surface area contributed by atoms with Crippen LogP contribution in [0.15, 0.2) is 67.1 Å². The SMILES string of the molecule is C=C1c2ccccc2N2c3nccnc3N(C)C2CC2N(C)C=CN2/C(C)=C(\O)C1(C)C. The molecule has 2 unspecified atom stereocenters. The maximum atomic E-state index is 11.4. The summed E-state index contributed by atoms with van der Waals surface area (Å²) in [7, 11) is 4.15. The Bertz CT molecular complexity index is 1150. The van der Waals surface area contributed by atoms with Gasteiger partial charge in [-0.1, -0.05) is 24.8 Å². The Morgan fingerprint density at radius 2 is 1.72 bits per heavy atom. The van der Waals surface area contributed by atoms with Gasteiger partial charge in [-0.3, -0.25) is 0 Å². The number of allylic oxidation sites excluding steroid dienone is 2. The van der Waals surface area contributed by atoms with Gasteiger partial charge in [0.25, 0.3) is 0 Å². The van der Waals surface area contributed by atoms with E-state index in [1.807, 2.05) is 39.1 Å². The number of aliphatic hydroxyl groups is 1. The smallest absolute Gasteiger partial charge is 0.178 e. The van der Waals surface area contributed by atoms with Crippen LogP contribution in [0.3, 0.4) is 0 Å². The second kappa shape index (κ2) is 7.02. The molecule has 0 aliphatic carbocycles. The molecule has 5 rings (SSSR count). The zero-order chi connectivity index (χ0) is 22.8. The van der Waals surface area contributed by atoms with E-state index in [1.165, 1.54) is 0 Å². The molecule has 2 atom stereocenters. The highest BCUT2D eigenvalue weighted by Crippen LogP contribution is 2.49. The summed E-state index contributed by atoms with van der Waals surface area (Å²) in [4.78, 5) is 18.2. The minimum absolute atomic E-state index is 0.00708. The number of aliphatic hydroxyl groups excluding tert-OH is 1. The molecule has 7 heteroatoms. The number of fused-ring (bicyclic) bond motifs is 6. The molecule has 0 spiro atoms. The van der Waals surface area contributed by atoms with Crippen molar-refractivity contribution in [2.75, 3.05) is 23.9 Å². The van der Waals surface area contributed by atoms with E-state index in [2.05, 4.69) is 63.6 Å². The van der Waals surface area contributed by atoms with Crippen molar-refractivity contribution >= 4 is 22.9 Å². The molecule has 0 saturated heterocycles. The molecule has 0 bridgehead atoms. The fraction of sp³-hybridized carbons (Fsp3) is 0.360. The monoisotopic (exact) mass is 430 g/mol. The zero-order valence-electron chi connectivity index (χ0n) is 19.3. The van der Waals surface area contributed by atoms with E-state index >= 15 is 0 Å². The standard InChI is InChI=1S/C25H30N6O/c1-16-18-9-7-8-10-19(18)31-21(29(6)23-24(31)27-12-11-26-23)15-20-28(5)13-14-30(20)17(2)22(32)25(16,3)4/h7-14,20-21,32H,1,15H2,2-6H3/b22-17-. The van der Waals surface area contributed by atoms with E-state index in [9.17, 15) is 5.11 Å². The van der Waals surface area contributed by atoms with E-state index in [0.717, 1.165) is 40.6 Å². The Balaban J connectivity index is 1.78. The van der Waals surface area contributed by atoms with Crippen LogP contribution >= 0.6 is 0 Å². The van der Waals surface area contributed by atoms with Gasteiger partial charge in [-0.25, -0.2) is 9.97 Å². The number of benzene rings is 1. The molecule has 4 heterocycles. The fourth-order valence-electron chi connectivity index (χ4n) is 5.10. The molecule has 0 saturated carbocycles. The van der Waals surface area contributed by atoms with E-state index in [0.29, 0.717) is 5.76 Å². The van der Waals surface area contributed by atoms with Gasteiger partial charge < -0.3 is 24.7 Å². The van der Waals surface area contributed by atoms with Gasteiger partial charge in [0.15, 0.2) is 11.6 Å². The summed E-state index contributed by atoms with van der Waals surface area (Å²) in [5.41, 5.74) is 3.06. The molecule has 3 aliphatic rings. The van der Waals surface area contributed by atoms with Crippen LogP contribution in [0, 0.1) is 5.41 Å². The van der Waals surface area contributed by atoms with Crippen molar-refractivity contribution in [3.05, 3.63) is 72.7 Å². The van der Waals surface area contributed by atoms with E-state index < -0.39 is 5.41 Å². The molecular weight excluding hydrogens is 400 g/mol. The van der Waals surface area contributed by atoms with Gasteiger partial charge in [0.1, 0.15) is 18.1 Å². The van der Waals surface area contributed by atoms with Crippen molar-refractivity contribution in [2.24, 2.45) is 5.41 Å². The predicted molar refractivity (Wildman–Crippen MR) is 128 cm³/mol. The molecule has 166 valence electrons. The van der Waals surface area contributed by atoms with Crippen LogP contribution in [-0.2, 0) is 0 Å². The van der Waals surface area contributed by atoms with E-state index in [-0.39, 0.29) is 12.3 Å². The number of rotatable bonds is 0. The second-order valence-corrected chi connectivity index (χ2v) is 9.31. The number of para-hydroxylation sites is 1. The highest BCUT2D eigenvalue weighted by Gasteiger charge is 2.44. The predicted octanol–water partition coefficient (Wildman–Crippen LogP) is 4.67. The number of anilines is 3. The van der Waals surface area contributed by atoms with Crippen LogP contribution in [0.4, 0.5) is 17.3 Å². The third-order valence-electron chi connectivity index (χ3n) is 7.21. The summed E-state index contributed by atoms with van der Waals surface area (Å²) < 4.78 is 0. The summed E-state index contributed by atoms with van der Waals surface area (Å²) in [5, 5.41) is 11.4. The molecule has 7 nitrogen and oxygen atoms in total. The number of hydrogen-bond acceptors (Lipinski definition) is 7. The lowest BCUT2D eigenvalue weighted by atomic mass is 9.78. The minimum atomic E-state index is -0.656.